The van der Waals surface area contributed by atoms with Crippen LogP contribution in [-0.4, -0.2) is 35.4 Å². The lowest BCUT2D eigenvalue weighted by molar-refractivity contribution is 0.0277. The molecule has 6 nitrogen and oxygen atoms in total. The Labute approximate surface area is 163 Å². The number of hydrogen-bond donors (Lipinski definition) is 2. The molecule has 2 N–H and O–H groups in total. The van der Waals surface area contributed by atoms with Crippen LogP contribution in [0.2, 0.25) is 0 Å². The maximum absolute atomic E-state index is 12.6. The summed E-state index contributed by atoms with van der Waals surface area (Å²) >= 11 is 0. The molecule has 1 amide bonds. The van der Waals surface area contributed by atoms with Crippen LogP contribution in [0, 0.1) is 0 Å². The Morgan fingerprint density at radius 3 is 2.59 bits per heavy atom. The predicted octanol–water partition coefficient (Wildman–Crippen LogP) is 3.21. The average Bonchev–Trinajstić information content (AvgIpc) is 3.20. The summed E-state index contributed by atoms with van der Waals surface area (Å²) in [6.07, 6.45) is 1.69. The molecule has 2 aromatic carbocycles. The van der Waals surface area contributed by atoms with Crippen LogP contribution >= 0.6 is 12.4 Å². The van der Waals surface area contributed by atoms with Crippen molar-refractivity contribution in [3.8, 4) is 5.69 Å². The first-order valence-electron chi connectivity index (χ1n) is 8.64. The van der Waals surface area contributed by atoms with E-state index in [0.717, 1.165) is 30.0 Å². The van der Waals surface area contributed by atoms with Crippen LogP contribution in [-0.2, 0) is 4.74 Å². The maximum atomic E-state index is 12.6. The smallest absolute Gasteiger partial charge is 0.274 e. The second kappa shape index (κ2) is 8.81. The molecule has 1 unspecified atom stereocenters. The van der Waals surface area contributed by atoms with E-state index in [1.165, 1.54) is 0 Å². The number of hydrogen-bond acceptors (Lipinski definition) is 4. The highest BCUT2D eigenvalue weighted by Crippen LogP contribution is 2.21. The molecule has 4 rings (SSSR count). The summed E-state index contributed by atoms with van der Waals surface area (Å²) in [7, 11) is 0. The molecule has 7 heteroatoms. The van der Waals surface area contributed by atoms with Crippen molar-refractivity contribution < 1.29 is 9.53 Å². The maximum Gasteiger partial charge on any atom is 0.274 e. The minimum Gasteiger partial charge on any atom is -0.371 e. The zero-order chi connectivity index (χ0) is 17.8. The largest absolute Gasteiger partial charge is 0.371 e. The zero-order valence-electron chi connectivity index (χ0n) is 14.7. The number of carbonyl (C=O) groups excluding carboxylic acids is 1. The van der Waals surface area contributed by atoms with Crippen LogP contribution in [0.15, 0.2) is 66.9 Å². The van der Waals surface area contributed by atoms with Crippen molar-refractivity contribution in [3.63, 3.8) is 0 Å². The second-order valence-corrected chi connectivity index (χ2v) is 6.10. The number of para-hydroxylation sites is 1. The number of amides is 1. The topological polar surface area (TPSA) is 68.2 Å². The van der Waals surface area contributed by atoms with Crippen molar-refractivity contribution in [2.75, 3.05) is 25.0 Å². The first kappa shape index (κ1) is 19.1. The summed E-state index contributed by atoms with van der Waals surface area (Å²) in [6, 6.07) is 19.1. The van der Waals surface area contributed by atoms with Gasteiger partial charge in [-0.25, -0.2) is 4.68 Å². The molecule has 3 aromatic rings. The van der Waals surface area contributed by atoms with Crippen LogP contribution in [0.25, 0.3) is 5.69 Å². The quantitative estimate of drug-likeness (QED) is 0.724. The van der Waals surface area contributed by atoms with Crippen LogP contribution in [0.4, 0.5) is 5.69 Å². The molecule has 1 aromatic heterocycles. The number of rotatable bonds is 4. The normalized spacial score (nSPS) is 16.4. The van der Waals surface area contributed by atoms with Crippen molar-refractivity contribution in [1.82, 2.24) is 15.1 Å². The summed E-state index contributed by atoms with van der Waals surface area (Å²) < 4.78 is 7.38. The summed E-state index contributed by atoms with van der Waals surface area (Å²) in [5.74, 6) is -0.199. The lowest BCUT2D eigenvalue weighted by Gasteiger charge is -2.24. The fourth-order valence-electron chi connectivity index (χ4n) is 3.01. The monoisotopic (exact) mass is 384 g/mol. The molecule has 2 heterocycles. The molecule has 0 radical (unpaired) electrons. The summed E-state index contributed by atoms with van der Waals surface area (Å²) in [5.41, 5.74) is 3.17. The zero-order valence-corrected chi connectivity index (χ0v) is 15.5. The highest BCUT2D eigenvalue weighted by Gasteiger charge is 2.16. The van der Waals surface area contributed by atoms with E-state index in [0.29, 0.717) is 12.3 Å². The molecule has 1 atom stereocenters. The summed E-state index contributed by atoms with van der Waals surface area (Å²) in [5, 5.41) is 10.5. The number of benzene rings is 2. The Morgan fingerprint density at radius 1 is 1.11 bits per heavy atom. The highest BCUT2D eigenvalue weighted by molar-refractivity contribution is 6.03. The van der Waals surface area contributed by atoms with E-state index in [4.69, 9.17) is 4.74 Å². The van der Waals surface area contributed by atoms with E-state index in [-0.39, 0.29) is 24.4 Å². The molecule has 1 aliphatic heterocycles. The standard InChI is InChI=1S/C20H20N4O2.ClH/c25-20(18-10-11-22-24(18)17-4-2-1-3-5-17)23-16-8-6-15(7-9-16)19-14-21-12-13-26-19;/h1-11,19,21H,12-14H2,(H,23,25);1H. The number of halogens is 1. The second-order valence-electron chi connectivity index (χ2n) is 6.10. The SMILES string of the molecule is Cl.O=C(Nc1ccc(C2CNCCO2)cc1)c1ccnn1-c1ccccc1. The van der Waals surface area contributed by atoms with Crippen molar-refractivity contribution in [1.29, 1.82) is 0 Å². The third-order valence-electron chi connectivity index (χ3n) is 4.34. The third kappa shape index (κ3) is 4.36. The molecule has 0 bridgehead atoms. The summed E-state index contributed by atoms with van der Waals surface area (Å²) in [4.78, 5) is 12.6. The number of carbonyl (C=O) groups is 1. The van der Waals surface area contributed by atoms with Crippen LogP contribution in [0.5, 0.6) is 0 Å². The van der Waals surface area contributed by atoms with Gasteiger partial charge in [-0.2, -0.15) is 5.10 Å². The highest BCUT2D eigenvalue weighted by atomic mass is 35.5. The van der Waals surface area contributed by atoms with Gasteiger partial charge in [0.25, 0.3) is 5.91 Å². The van der Waals surface area contributed by atoms with Crippen LogP contribution < -0.4 is 10.6 Å². The van der Waals surface area contributed by atoms with Gasteiger partial charge >= 0.3 is 0 Å². The molecule has 0 aliphatic carbocycles. The van der Waals surface area contributed by atoms with E-state index in [2.05, 4.69) is 15.7 Å². The number of anilines is 1. The summed E-state index contributed by atoms with van der Waals surface area (Å²) in [6.45, 7) is 2.41. The molecular weight excluding hydrogens is 364 g/mol. The first-order valence-corrected chi connectivity index (χ1v) is 8.64. The minimum atomic E-state index is -0.199. The van der Waals surface area contributed by atoms with Gasteiger partial charge in [0.05, 0.1) is 24.6 Å². The Bertz CT molecular complexity index is 875. The fraction of sp³-hybridized carbons (Fsp3) is 0.200. The Balaban J connectivity index is 0.00000210. The molecule has 1 saturated heterocycles. The van der Waals surface area contributed by atoms with E-state index in [9.17, 15) is 4.79 Å². The number of aromatic nitrogens is 2. The Morgan fingerprint density at radius 2 is 1.89 bits per heavy atom. The lowest BCUT2D eigenvalue weighted by Crippen LogP contribution is -2.33. The molecule has 27 heavy (non-hydrogen) atoms. The molecule has 140 valence electrons. The van der Waals surface area contributed by atoms with Crippen molar-refractivity contribution >= 4 is 24.0 Å². The van der Waals surface area contributed by atoms with Gasteiger partial charge < -0.3 is 15.4 Å². The molecule has 0 saturated carbocycles. The number of nitrogens with zero attached hydrogens (tertiary/aromatic N) is 2. The van der Waals surface area contributed by atoms with E-state index < -0.39 is 0 Å². The molecular formula is C20H21ClN4O2. The average molecular weight is 385 g/mol. The number of nitrogens with one attached hydrogen (secondary N) is 2. The minimum absolute atomic E-state index is 0. The van der Waals surface area contributed by atoms with Gasteiger partial charge in [0, 0.05) is 18.8 Å². The van der Waals surface area contributed by atoms with Crippen molar-refractivity contribution in [3.05, 3.63) is 78.1 Å². The van der Waals surface area contributed by atoms with Gasteiger partial charge in [-0.15, -0.1) is 12.4 Å². The van der Waals surface area contributed by atoms with Gasteiger partial charge in [0.2, 0.25) is 0 Å². The lowest BCUT2D eigenvalue weighted by atomic mass is 10.1. The Kier molecular flexibility index (Phi) is 6.24. The third-order valence-corrected chi connectivity index (χ3v) is 4.34. The predicted molar refractivity (Wildman–Crippen MR) is 107 cm³/mol. The van der Waals surface area contributed by atoms with Gasteiger partial charge in [0.1, 0.15) is 5.69 Å². The molecule has 0 spiro atoms. The van der Waals surface area contributed by atoms with Gasteiger partial charge in [0.15, 0.2) is 0 Å². The van der Waals surface area contributed by atoms with Crippen molar-refractivity contribution in [2.45, 2.75) is 6.10 Å². The van der Waals surface area contributed by atoms with Gasteiger partial charge in [-0.3, -0.25) is 4.79 Å². The van der Waals surface area contributed by atoms with Gasteiger partial charge in [-0.1, -0.05) is 30.3 Å². The Hall–Kier alpha value is -2.67. The first-order chi connectivity index (χ1) is 12.8. The van der Waals surface area contributed by atoms with Gasteiger partial charge in [-0.05, 0) is 35.9 Å². The van der Waals surface area contributed by atoms with Crippen LogP contribution in [0.3, 0.4) is 0 Å². The fourth-order valence-corrected chi connectivity index (χ4v) is 3.01. The number of morpholine rings is 1. The number of ether oxygens (including phenoxy) is 1. The van der Waals surface area contributed by atoms with E-state index in [1.54, 1.807) is 16.9 Å². The molecule has 1 aliphatic rings. The molecule has 1 fully saturated rings. The van der Waals surface area contributed by atoms with Crippen molar-refractivity contribution in [2.24, 2.45) is 0 Å². The van der Waals surface area contributed by atoms with E-state index in [1.807, 2.05) is 54.6 Å². The van der Waals surface area contributed by atoms with Crippen LogP contribution in [0.1, 0.15) is 22.2 Å². The van der Waals surface area contributed by atoms with E-state index >= 15 is 0 Å².